The van der Waals surface area contributed by atoms with Gasteiger partial charge in [0.05, 0.1) is 13.2 Å². The zero-order valence-electron chi connectivity index (χ0n) is 15.1. The van der Waals surface area contributed by atoms with Crippen LogP contribution in [0.3, 0.4) is 0 Å². The minimum absolute atomic E-state index is 0.0507. The van der Waals surface area contributed by atoms with Gasteiger partial charge in [0.2, 0.25) is 5.91 Å². The van der Waals surface area contributed by atoms with E-state index in [1.54, 1.807) is 7.11 Å². The van der Waals surface area contributed by atoms with Gasteiger partial charge in [-0.3, -0.25) is 4.79 Å². The van der Waals surface area contributed by atoms with Crippen LogP contribution in [0.2, 0.25) is 0 Å². The van der Waals surface area contributed by atoms with E-state index in [-0.39, 0.29) is 17.9 Å². The van der Waals surface area contributed by atoms with Crippen LogP contribution in [-0.2, 0) is 11.3 Å². The van der Waals surface area contributed by atoms with Crippen molar-refractivity contribution >= 4 is 5.91 Å². The van der Waals surface area contributed by atoms with Gasteiger partial charge in [-0.2, -0.15) is 0 Å². The van der Waals surface area contributed by atoms with E-state index in [0.717, 1.165) is 49.2 Å². The molecule has 0 radical (unpaired) electrons. The third kappa shape index (κ3) is 4.27. The predicted octanol–water partition coefficient (Wildman–Crippen LogP) is 3.01. The molecule has 2 atom stereocenters. The Bertz CT molecular complexity index is 584. The predicted molar refractivity (Wildman–Crippen MR) is 97.6 cm³/mol. The third-order valence-electron chi connectivity index (χ3n) is 5.62. The zero-order valence-corrected chi connectivity index (χ0v) is 15.1. The molecule has 2 fully saturated rings. The molecule has 25 heavy (non-hydrogen) atoms. The van der Waals surface area contributed by atoms with Gasteiger partial charge in [0, 0.05) is 18.0 Å². The number of hydrogen-bond donors (Lipinski definition) is 2. The smallest absolute Gasteiger partial charge is 0.223 e. The van der Waals surface area contributed by atoms with Gasteiger partial charge in [-0.1, -0.05) is 18.6 Å². The molecule has 138 valence electrons. The van der Waals surface area contributed by atoms with Gasteiger partial charge < -0.3 is 20.5 Å². The summed E-state index contributed by atoms with van der Waals surface area (Å²) in [7, 11) is 1.66. The topological polar surface area (TPSA) is 73.6 Å². The molecule has 1 amide bonds. The highest BCUT2D eigenvalue weighted by atomic mass is 16.5. The summed E-state index contributed by atoms with van der Waals surface area (Å²) in [6, 6.07) is 5.86. The quantitative estimate of drug-likeness (QED) is 0.796. The van der Waals surface area contributed by atoms with Crippen molar-refractivity contribution in [2.24, 2.45) is 17.6 Å². The van der Waals surface area contributed by atoms with Gasteiger partial charge >= 0.3 is 0 Å². The summed E-state index contributed by atoms with van der Waals surface area (Å²) < 4.78 is 11.7. The standard InChI is InChI=1S/C20H30N2O3/c1-24-18-11-5-7-15(19(18)25-16-8-2-3-9-16)13-22-20(23)17-10-4-6-14(17)12-21/h5,7,11,14,16-17H,2-4,6,8-10,12-13,21H2,1H3,(H,22,23)/t14-,17-/m1/s1. The average molecular weight is 346 g/mol. The lowest BCUT2D eigenvalue weighted by molar-refractivity contribution is -0.126. The lowest BCUT2D eigenvalue weighted by Gasteiger charge is -2.21. The van der Waals surface area contributed by atoms with E-state index in [4.69, 9.17) is 15.2 Å². The lowest BCUT2D eigenvalue weighted by Crippen LogP contribution is -2.34. The lowest BCUT2D eigenvalue weighted by atomic mass is 9.95. The molecule has 0 unspecified atom stereocenters. The molecule has 0 aromatic heterocycles. The summed E-state index contributed by atoms with van der Waals surface area (Å²) in [4.78, 5) is 12.6. The Balaban J connectivity index is 1.67. The van der Waals surface area contributed by atoms with E-state index >= 15 is 0 Å². The number of ether oxygens (including phenoxy) is 2. The molecule has 2 saturated carbocycles. The number of para-hydroxylation sites is 1. The molecular weight excluding hydrogens is 316 g/mol. The van der Waals surface area contributed by atoms with Gasteiger partial charge in [-0.15, -0.1) is 0 Å². The first-order valence-electron chi connectivity index (χ1n) is 9.53. The molecule has 0 saturated heterocycles. The zero-order chi connectivity index (χ0) is 17.6. The van der Waals surface area contributed by atoms with E-state index in [1.807, 2.05) is 18.2 Å². The summed E-state index contributed by atoms with van der Waals surface area (Å²) >= 11 is 0. The van der Waals surface area contributed by atoms with E-state index in [9.17, 15) is 4.79 Å². The molecule has 3 N–H and O–H groups in total. The van der Waals surface area contributed by atoms with E-state index in [1.165, 1.54) is 12.8 Å². The van der Waals surface area contributed by atoms with Crippen molar-refractivity contribution in [2.75, 3.05) is 13.7 Å². The molecule has 3 rings (SSSR count). The molecular formula is C20H30N2O3. The van der Waals surface area contributed by atoms with Crippen LogP contribution in [0.1, 0.15) is 50.5 Å². The van der Waals surface area contributed by atoms with Gasteiger partial charge in [0.25, 0.3) is 0 Å². The van der Waals surface area contributed by atoms with Crippen molar-refractivity contribution in [3.05, 3.63) is 23.8 Å². The van der Waals surface area contributed by atoms with Crippen molar-refractivity contribution in [3.8, 4) is 11.5 Å². The minimum atomic E-state index is 0.0507. The number of carbonyl (C=O) groups is 1. The Labute approximate surface area is 150 Å². The fourth-order valence-corrected chi connectivity index (χ4v) is 4.15. The Morgan fingerprint density at radius 1 is 1.20 bits per heavy atom. The number of amides is 1. The van der Waals surface area contributed by atoms with Gasteiger partial charge in [-0.25, -0.2) is 0 Å². The monoisotopic (exact) mass is 346 g/mol. The second-order valence-electron chi connectivity index (χ2n) is 7.22. The van der Waals surface area contributed by atoms with Crippen molar-refractivity contribution < 1.29 is 14.3 Å². The van der Waals surface area contributed by atoms with Gasteiger partial charge in [0.15, 0.2) is 11.5 Å². The molecule has 5 heteroatoms. The fourth-order valence-electron chi connectivity index (χ4n) is 4.15. The van der Waals surface area contributed by atoms with Crippen LogP contribution in [0.4, 0.5) is 0 Å². The number of benzene rings is 1. The first kappa shape index (κ1) is 18.1. The van der Waals surface area contributed by atoms with Crippen LogP contribution in [0, 0.1) is 11.8 Å². The average Bonchev–Trinajstić information content (AvgIpc) is 3.31. The molecule has 0 aliphatic heterocycles. The van der Waals surface area contributed by atoms with Crippen molar-refractivity contribution in [3.63, 3.8) is 0 Å². The maximum Gasteiger partial charge on any atom is 0.223 e. The summed E-state index contributed by atoms with van der Waals surface area (Å²) in [6.45, 7) is 1.05. The van der Waals surface area contributed by atoms with Crippen LogP contribution in [0.25, 0.3) is 0 Å². The first-order valence-corrected chi connectivity index (χ1v) is 9.53. The molecule has 2 aliphatic rings. The molecule has 0 heterocycles. The largest absolute Gasteiger partial charge is 0.493 e. The SMILES string of the molecule is COc1cccc(CNC(=O)[C@@H]2CCC[C@@H]2CN)c1OC1CCCC1. The maximum absolute atomic E-state index is 12.6. The minimum Gasteiger partial charge on any atom is -0.493 e. The molecule has 5 nitrogen and oxygen atoms in total. The number of carbonyl (C=O) groups excluding carboxylic acids is 1. The Morgan fingerprint density at radius 3 is 2.72 bits per heavy atom. The van der Waals surface area contributed by atoms with E-state index < -0.39 is 0 Å². The number of methoxy groups -OCH3 is 1. The maximum atomic E-state index is 12.6. The Morgan fingerprint density at radius 2 is 2.00 bits per heavy atom. The molecule has 2 aliphatic carbocycles. The fraction of sp³-hybridized carbons (Fsp3) is 0.650. The van der Waals surface area contributed by atoms with Crippen molar-refractivity contribution in [2.45, 2.75) is 57.6 Å². The third-order valence-corrected chi connectivity index (χ3v) is 5.62. The highest BCUT2D eigenvalue weighted by Gasteiger charge is 2.32. The molecule has 1 aromatic rings. The molecule has 0 spiro atoms. The van der Waals surface area contributed by atoms with Crippen LogP contribution < -0.4 is 20.5 Å². The van der Waals surface area contributed by atoms with Crippen molar-refractivity contribution in [1.82, 2.24) is 5.32 Å². The summed E-state index contributed by atoms with van der Waals surface area (Å²) in [5.41, 5.74) is 6.78. The highest BCUT2D eigenvalue weighted by molar-refractivity contribution is 5.79. The van der Waals surface area contributed by atoms with Crippen LogP contribution in [-0.4, -0.2) is 25.7 Å². The first-order chi connectivity index (χ1) is 12.2. The number of rotatable bonds is 7. The van der Waals surface area contributed by atoms with E-state index in [0.29, 0.717) is 19.0 Å². The van der Waals surface area contributed by atoms with E-state index in [2.05, 4.69) is 5.32 Å². The van der Waals surface area contributed by atoms with Crippen LogP contribution in [0.15, 0.2) is 18.2 Å². The van der Waals surface area contributed by atoms with Gasteiger partial charge in [-0.05, 0) is 57.1 Å². The van der Waals surface area contributed by atoms with Crippen LogP contribution >= 0.6 is 0 Å². The van der Waals surface area contributed by atoms with Crippen molar-refractivity contribution in [1.29, 1.82) is 0 Å². The highest BCUT2D eigenvalue weighted by Crippen LogP contribution is 2.35. The molecule has 0 bridgehead atoms. The molecule has 1 aromatic carbocycles. The summed E-state index contributed by atoms with van der Waals surface area (Å²) in [6.07, 6.45) is 7.95. The Hall–Kier alpha value is -1.75. The number of nitrogens with one attached hydrogen (secondary N) is 1. The normalized spacial score (nSPS) is 23.6. The Kier molecular flexibility index (Phi) is 6.19. The second-order valence-corrected chi connectivity index (χ2v) is 7.22. The second kappa shape index (κ2) is 8.56. The summed E-state index contributed by atoms with van der Waals surface area (Å²) in [5.74, 6) is 2.00. The van der Waals surface area contributed by atoms with Crippen LogP contribution in [0.5, 0.6) is 11.5 Å². The number of hydrogen-bond acceptors (Lipinski definition) is 4. The number of nitrogens with two attached hydrogens (primary N) is 1. The van der Waals surface area contributed by atoms with Gasteiger partial charge in [0.1, 0.15) is 0 Å². The summed E-state index contributed by atoms with van der Waals surface area (Å²) in [5, 5.41) is 3.09.